The van der Waals surface area contributed by atoms with Gasteiger partial charge in [0.1, 0.15) is 5.75 Å². The van der Waals surface area contributed by atoms with E-state index in [1.54, 1.807) is 6.08 Å². The first-order valence-corrected chi connectivity index (χ1v) is 10.5. The van der Waals surface area contributed by atoms with Crippen LogP contribution in [0.4, 0.5) is 0 Å². The number of phenols is 1. The lowest BCUT2D eigenvalue weighted by Gasteiger charge is -2.28. The van der Waals surface area contributed by atoms with Crippen LogP contribution in [0.1, 0.15) is 104 Å². The molecule has 1 aromatic carbocycles. The van der Waals surface area contributed by atoms with Crippen LogP contribution in [0.3, 0.4) is 0 Å². The summed E-state index contributed by atoms with van der Waals surface area (Å²) in [6, 6.07) is 3.87. The maximum atomic E-state index is 11.8. The standard InChI is InChI=1S/C25H40O3/c1-17(2)12-10-9-11-13-19(23(27)28)14-18-15-20(24(3,4)5)22(26)21(16-18)25(6,7)8/h14-17,26H,9-13H2,1-8H3,(H,27,28). The Hall–Kier alpha value is -1.77. The van der Waals surface area contributed by atoms with E-state index in [1.165, 1.54) is 6.42 Å². The van der Waals surface area contributed by atoms with Gasteiger partial charge in [0.15, 0.2) is 0 Å². The van der Waals surface area contributed by atoms with Crippen molar-refractivity contribution in [3.05, 3.63) is 34.4 Å². The molecule has 0 heterocycles. The molecule has 0 aliphatic carbocycles. The number of aliphatic carboxylic acids is 1. The first kappa shape index (κ1) is 24.3. The summed E-state index contributed by atoms with van der Waals surface area (Å²) in [7, 11) is 0. The topological polar surface area (TPSA) is 57.5 Å². The van der Waals surface area contributed by atoms with Crippen LogP contribution >= 0.6 is 0 Å². The van der Waals surface area contributed by atoms with Gasteiger partial charge in [-0.25, -0.2) is 4.79 Å². The molecule has 1 aromatic rings. The lowest BCUT2D eigenvalue weighted by molar-refractivity contribution is -0.132. The Balaban J connectivity index is 3.22. The van der Waals surface area contributed by atoms with Crippen LogP contribution in [-0.4, -0.2) is 16.2 Å². The molecule has 3 nitrogen and oxygen atoms in total. The van der Waals surface area contributed by atoms with Gasteiger partial charge in [0, 0.05) is 16.7 Å². The minimum absolute atomic E-state index is 0.228. The fraction of sp³-hybridized carbons (Fsp3) is 0.640. The van der Waals surface area contributed by atoms with Crippen molar-refractivity contribution < 1.29 is 15.0 Å². The van der Waals surface area contributed by atoms with Crippen molar-refractivity contribution in [1.82, 2.24) is 0 Å². The number of rotatable bonds is 8. The van der Waals surface area contributed by atoms with Gasteiger partial charge in [0.25, 0.3) is 0 Å². The summed E-state index contributed by atoms with van der Waals surface area (Å²) in [6.07, 6.45) is 6.64. The Labute approximate surface area is 171 Å². The van der Waals surface area contributed by atoms with E-state index in [0.29, 0.717) is 23.7 Å². The SMILES string of the molecule is CC(C)CCCCCC(=Cc1cc(C(C)(C)C)c(O)c(C(C)(C)C)c1)C(=O)O. The van der Waals surface area contributed by atoms with E-state index < -0.39 is 5.97 Å². The molecule has 0 aliphatic rings. The molecule has 0 spiro atoms. The predicted octanol–water partition coefficient (Wildman–Crippen LogP) is 7.06. The minimum atomic E-state index is -0.855. The van der Waals surface area contributed by atoms with Crippen LogP contribution in [0.25, 0.3) is 6.08 Å². The number of hydrogen-bond acceptors (Lipinski definition) is 2. The summed E-state index contributed by atoms with van der Waals surface area (Å²) in [4.78, 5) is 11.8. The molecule has 0 unspecified atom stereocenters. The van der Waals surface area contributed by atoms with Gasteiger partial charge in [-0.1, -0.05) is 74.7 Å². The summed E-state index contributed by atoms with van der Waals surface area (Å²) in [5, 5.41) is 20.5. The smallest absolute Gasteiger partial charge is 0.331 e. The van der Waals surface area contributed by atoms with Gasteiger partial charge in [-0.3, -0.25) is 0 Å². The number of aromatic hydroxyl groups is 1. The number of unbranched alkanes of at least 4 members (excludes halogenated alkanes) is 2. The van der Waals surface area contributed by atoms with Crippen LogP contribution < -0.4 is 0 Å². The molecule has 0 amide bonds. The van der Waals surface area contributed by atoms with Crippen molar-refractivity contribution in [2.45, 2.75) is 98.3 Å². The number of carbonyl (C=O) groups is 1. The molecule has 0 saturated heterocycles. The van der Waals surface area contributed by atoms with E-state index in [0.717, 1.165) is 36.0 Å². The highest BCUT2D eigenvalue weighted by Crippen LogP contribution is 2.40. The van der Waals surface area contributed by atoms with E-state index in [2.05, 4.69) is 55.4 Å². The number of carboxylic acid groups (broad SMARTS) is 1. The second-order valence-electron chi connectivity index (χ2n) is 10.4. The molecule has 158 valence electrons. The largest absolute Gasteiger partial charge is 0.507 e. The molecule has 0 atom stereocenters. The maximum Gasteiger partial charge on any atom is 0.331 e. The highest BCUT2D eigenvalue weighted by Gasteiger charge is 2.26. The van der Waals surface area contributed by atoms with E-state index in [1.807, 2.05) is 12.1 Å². The third-order valence-corrected chi connectivity index (χ3v) is 5.09. The van der Waals surface area contributed by atoms with E-state index in [4.69, 9.17) is 0 Å². The van der Waals surface area contributed by atoms with Crippen molar-refractivity contribution in [2.24, 2.45) is 5.92 Å². The molecule has 0 fully saturated rings. The normalized spacial score (nSPS) is 13.2. The zero-order valence-corrected chi connectivity index (χ0v) is 19.1. The van der Waals surface area contributed by atoms with Crippen LogP contribution in [0.2, 0.25) is 0 Å². The Morgan fingerprint density at radius 1 is 0.964 bits per heavy atom. The van der Waals surface area contributed by atoms with Gasteiger partial charge < -0.3 is 10.2 Å². The van der Waals surface area contributed by atoms with Crippen LogP contribution in [0, 0.1) is 5.92 Å². The molecular weight excluding hydrogens is 348 g/mol. The highest BCUT2D eigenvalue weighted by molar-refractivity contribution is 5.92. The minimum Gasteiger partial charge on any atom is -0.507 e. The van der Waals surface area contributed by atoms with Crippen molar-refractivity contribution in [3.8, 4) is 5.75 Å². The summed E-state index contributed by atoms with van der Waals surface area (Å²) < 4.78 is 0. The number of carboxylic acids is 1. The molecule has 0 radical (unpaired) electrons. The van der Waals surface area contributed by atoms with Crippen LogP contribution in [0.5, 0.6) is 5.75 Å². The highest BCUT2D eigenvalue weighted by atomic mass is 16.4. The first-order valence-electron chi connectivity index (χ1n) is 10.5. The molecular formula is C25H40O3. The molecule has 3 heteroatoms. The zero-order valence-electron chi connectivity index (χ0n) is 19.1. The molecule has 0 bridgehead atoms. The number of hydrogen-bond donors (Lipinski definition) is 2. The van der Waals surface area contributed by atoms with Gasteiger partial charge in [-0.05, 0) is 53.4 Å². The lowest BCUT2D eigenvalue weighted by atomic mass is 9.78. The third kappa shape index (κ3) is 7.33. The first-order chi connectivity index (χ1) is 12.7. The van der Waals surface area contributed by atoms with E-state index in [9.17, 15) is 15.0 Å². The quantitative estimate of drug-likeness (QED) is 0.370. The molecule has 0 aliphatic heterocycles. The van der Waals surface area contributed by atoms with Crippen LogP contribution in [-0.2, 0) is 15.6 Å². The summed E-state index contributed by atoms with van der Waals surface area (Å²) in [5.41, 5.74) is 2.55. The fourth-order valence-electron chi connectivity index (χ4n) is 3.37. The second-order valence-corrected chi connectivity index (χ2v) is 10.4. The zero-order chi connectivity index (χ0) is 21.7. The predicted molar refractivity (Wildman–Crippen MR) is 119 cm³/mol. The molecule has 0 saturated carbocycles. The van der Waals surface area contributed by atoms with Crippen molar-refractivity contribution in [3.63, 3.8) is 0 Å². The van der Waals surface area contributed by atoms with Crippen molar-refractivity contribution >= 4 is 12.0 Å². The van der Waals surface area contributed by atoms with Crippen LogP contribution in [0.15, 0.2) is 17.7 Å². The van der Waals surface area contributed by atoms with Gasteiger partial charge in [-0.2, -0.15) is 0 Å². The summed E-state index contributed by atoms with van der Waals surface area (Å²) in [6.45, 7) is 16.8. The Morgan fingerprint density at radius 2 is 1.46 bits per heavy atom. The maximum absolute atomic E-state index is 11.8. The lowest BCUT2D eigenvalue weighted by Crippen LogP contribution is -2.17. The molecule has 2 N–H and O–H groups in total. The average Bonchev–Trinajstić information content (AvgIpc) is 2.52. The molecule has 28 heavy (non-hydrogen) atoms. The third-order valence-electron chi connectivity index (χ3n) is 5.09. The number of benzene rings is 1. The Kier molecular flexibility index (Phi) is 8.34. The molecule has 0 aromatic heterocycles. The number of phenolic OH excluding ortho intramolecular Hbond substituents is 1. The summed E-state index contributed by atoms with van der Waals surface area (Å²) in [5.74, 6) is 0.160. The van der Waals surface area contributed by atoms with Gasteiger partial charge in [0.2, 0.25) is 0 Å². The monoisotopic (exact) mass is 388 g/mol. The van der Waals surface area contributed by atoms with E-state index >= 15 is 0 Å². The second kappa shape index (κ2) is 9.62. The van der Waals surface area contributed by atoms with Gasteiger partial charge >= 0.3 is 5.97 Å². The van der Waals surface area contributed by atoms with Crippen molar-refractivity contribution in [1.29, 1.82) is 0 Å². The average molecular weight is 389 g/mol. The van der Waals surface area contributed by atoms with Gasteiger partial charge in [-0.15, -0.1) is 0 Å². The Bertz CT molecular complexity index is 662. The fourth-order valence-corrected chi connectivity index (χ4v) is 3.37. The summed E-state index contributed by atoms with van der Waals surface area (Å²) >= 11 is 0. The molecule has 1 rings (SSSR count). The van der Waals surface area contributed by atoms with E-state index in [-0.39, 0.29) is 10.8 Å². The van der Waals surface area contributed by atoms with Gasteiger partial charge in [0.05, 0.1) is 0 Å². The Morgan fingerprint density at radius 3 is 1.86 bits per heavy atom. The van der Waals surface area contributed by atoms with Crippen molar-refractivity contribution in [2.75, 3.05) is 0 Å².